The fourth-order valence-electron chi connectivity index (χ4n) is 2.37. The van der Waals surface area contributed by atoms with Gasteiger partial charge in [-0.1, -0.05) is 0 Å². The van der Waals surface area contributed by atoms with Gasteiger partial charge in [-0.2, -0.15) is 4.98 Å². The highest BCUT2D eigenvalue weighted by atomic mass is 31.2. The number of aliphatic hydroxyl groups excluding tert-OH is 1. The van der Waals surface area contributed by atoms with E-state index in [0.717, 1.165) is 10.9 Å². The number of nitrogen functional groups attached to an aromatic ring is 1. The van der Waals surface area contributed by atoms with E-state index >= 15 is 0 Å². The molecule has 3 rings (SSSR count). The Kier molecular flexibility index (Phi) is 4.15. The molecule has 2 aromatic heterocycles. The second-order valence-electron chi connectivity index (χ2n) is 5.06. The molecule has 0 bridgehead atoms. The van der Waals surface area contributed by atoms with Crippen molar-refractivity contribution in [3.8, 4) is 0 Å². The summed E-state index contributed by atoms with van der Waals surface area (Å²) in [5.41, 5.74) is 4.64. The van der Waals surface area contributed by atoms with E-state index in [2.05, 4.69) is 19.5 Å². The Morgan fingerprint density at radius 1 is 1.54 bits per heavy atom. The summed E-state index contributed by atoms with van der Waals surface area (Å²) in [6, 6.07) is 0. The number of rotatable bonds is 4. The minimum Gasteiger partial charge on any atom is -0.387 e. The fourth-order valence-corrected chi connectivity index (χ4v) is 2.71. The number of phosphoric ester groups is 1. The molecule has 0 aromatic carbocycles. The molecule has 14 heteroatoms. The third kappa shape index (κ3) is 3.05. The largest absolute Gasteiger partial charge is 0.469 e. The number of halogens is 1. The van der Waals surface area contributed by atoms with Crippen LogP contribution < -0.4 is 11.3 Å². The SMILES string of the molecule is Nc1nc2c(ncn2[C@@H]2O[C@H](COP(=O)(O)O)[C@@H](O)[C@H]2F)c(=O)[nH]1. The molecule has 24 heavy (non-hydrogen) atoms. The van der Waals surface area contributed by atoms with E-state index in [1.54, 1.807) is 0 Å². The van der Waals surface area contributed by atoms with Gasteiger partial charge in [-0.3, -0.25) is 18.9 Å². The number of H-pyrrole nitrogens is 1. The molecule has 1 fully saturated rings. The molecule has 0 saturated carbocycles. The van der Waals surface area contributed by atoms with Crippen LogP contribution in [0.5, 0.6) is 0 Å². The summed E-state index contributed by atoms with van der Waals surface area (Å²) < 4.78 is 35.6. The quantitative estimate of drug-likeness (QED) is 0.395. The number of fused-ring (bicyclic) bond motifs is 1. The van der Waals surface area contributed by atoms with Crippen LogP contribution in [0.25, 0.3) is 11.2 Å². The Balaban J connectivity index is 1.90. The number of phosphoric acid groups is 1. The topological polar surface area (TPSA) is 186 Å². The summed E-state index contributed by atoms with van der Waals surface area (Å²) in [4.78, 5) is 38.9. The van der Waals surface area contributed by atoms with Gasteiger partial charge in [0.25, 0.3) is 5.56 Å². The third-order valence-electron chi connectivity index (χ3n) is 3.43. The van der Waals surface area contributed by atoms with Crippen molar-refractivity contribution in [1.82, 2.24) is 19.5 Å². The van der Waals surface area contributed by atoms with Crippen LogP contribution in [-0.4, -0.2) is 59.4 Å². The molecule has 1 aliphatic rings. The summed E-state index contributed by atoms with van der Waals surface area (Å²) in [6.45, 7) is -0.731. The van der Waals surface area contributed by atoms with Gasteiger partial charge in [0.15, 0.2) is 23.6 Å². The highest BCUT2D eigenvalue weighted by Gasteiger charge is 2.46. The number of nitrogens with two attached hydrogens (primary N) is 1. The van der Waals surface area contributed by atoms with Crippen molar-refractivity contribution >= 4 is 24.9 Å². The average molecular weight is 365 g/mol. The van der Waals surface area contributed by atoms with Crippen molar-refractivity contribution in [1.29, 1.82) is 0 Å². The van der Waals surface area contributed by atoms with Gasteiger partial charge >= 0.3 is 7.82 Å². The number of anilines is 1. The van der Waals surface area contributed by atoms with Gasteiger partial charge in [-0.15, -0.1) is 0 Å². The molecular formula is C10H13FN5O7P. The minimum atomic E-state index is -4.80. The number of aromatic nitrogens is 4. The number of hydrogen-bond acceptors (Lipinski definition) is 8. The molecular weight excluding hydrogens is 352 g/mol. The zero-order valence-electron chi connectivity index (χ0n) is 11.8. The smallest absolute Gasteiger partial charge is 0.387 e. The maximum absolute atomic E-state index is 14.3. The van der Waals surface area contributed by atoms with Crippen molar-refractivity contribution in [2.45, 2.75) is 24.6 Å². The van der Waals surface area contributed by atoms with Crippen LogP contribution >= 0.6 is 7.82 Å². The van der Waals surface area contributed by atoms with Crippen LogP contribution in [0.1, 0.15) is 6.23 Å². The summed E-state index contributed by atoms with van der Waals surface area (Å²) in [5, 5.41) is 9.83. The van der Waals surface area contributed by atoms with E-state index in [-0.39, 0.29) is 17.1 Å². The highest BCUT2D eigenvalue weighted by molar-refractivity contribution is 7.46. The number of nitrogens with zero attached hydrogens (tertiary/aromatic N) is 3. The first kappa shape index (κ1) is 17.0. The maximum Gasteiger partial charge on any atom is 0.469 e. The van der Waals surface area contributed by atoms with E-state index < -0.39 is 44.6 Å². The molecule has 6 N–H and O–H groups in total. The number of nitrogens with one attached hydrogen (secondary N) is 1. The minimum absolute atomic E-state index is 0.0624. The first-order chi connectivity index (χ1) is 11.2. The summed E-state index contributed by atoms with van der Waals surface area (Å²) in [7, 11) is -4.80. The predicted octanol–water partition coefficient (Wildman–Crippen LogP) is -1.59. The molecule has 0 unspecified atom stereocenters. The Morgan fingerprint density at radius 3 is 2.92 bits per heavy atom. The van der Waals surface area contributed by atoms with Gasteiger partial charge in [-0.05, 0) is 0 Å². The first-order valence-electron chi connectivity index (χ1n) is 6.57. The molecule has 12 nitrogen and oxygen atoms in total. The molecule has 0 radical (unpaired) electrons. The lowest BCUT2D eigenvalue weighted by molar-refractivity contribution is -0.0451. The molecule has 1 saturated heterocycles. The van der Waals surface area contributed by atoms with Gasteiger partial charge in [0.05, 0.1) is 12.9 Å². The second-order valence-corrected chi connectivity index (χ2v) is 6.30. The summed E-state index contributed by atoms with van der Waals surface area (Å²) in [5.74, 6) is -0.218. The molecule has 0 amide bonds. The number of aromatic amines is 1. The Labute approximate surface area is 132 Å². The average Bonchev–Trinajstić information content (AvgIpc) is 3.00. The van der Waals surface area contributed by atoms with E-state index in [1.165, 1.54) is 0 Å². The van der Waals surface area contributed by atoms with Crippen LogP contribution in [0.3, 0.4) is 0 Å². The van der Waals surface area contributed by atoms with Gasteiger partial charge < -0.3 is 25.4 Å². The lowest BCUT2D eigenvalue weighted by Crippen LogP contribution is -2.31. The van der Waals surface area contributed by atoms with Gasteiger partial charge in [0.1, 0.15) is 12.2 Å². The Hall–Kier alpha value is -1.89. The van der Waals surface area contributed by atoms with Crippen LogP contribution in [0, 0.1) is 0 Å². The Bertz CT molecular complexity index is 865. The highest BCUT2D eigenvalue weighted by Crippen LogP contribution is 2.39. The molecule has 1 aliphatic heterocycles. The number of aliphatic hydroxyl groups is 1. The van der Waals surface area contributed by atoms with Crippen molar-refractivity contribution in [2.24, 2.45) is 0 Å². The van der Waals surface area contributed by atoms with Crippen molar-refractivity contribution in [3.63, 3.8) is 0 Å². The third-order valence-corrected chi connectivity index (χ3v) is 3.91. The maximum atomic E-state index is 14.3. The molecule has 3 heterocycles. The second kappa shape index (κ2) is 5.88. The number of hydrogen-bond donors (Lipinski definition) is 5. The van der Waals surface area contributed by atoms with Gasteiger partial charge in [0.2, 0.25) is 5.95 Å². The molecule has 132 valence electrons. The van der Waals surface area contributed by atoms with Gasteiger partial charge in [-0.25, -0.2) is 13.9 Å². The van der Waals surface area contributed by atoms with Crippen molar-refractivity contribution in [3.05, 3.63) is 16.7 Å². The van der Waals surface area contributed by atoms with Crippen LogP contribution in [-0.2, 0) is 13.8 Å². The number of imidazole rings is 1. The normalized spacial score (nSPS) is 27.8. The van der Waals surface area contributed by atoms with E-state index in [1.807, 2.05) is 0 Å². The molecule has 2 aromatic rings. The lowest BCUT2D eigenvalue weighted by Gasteiger charge is -2.15. The zero-order chi connectivity index (χ0) is 17.6. The summed E-state index contributed by atoms with van der Waals surface area (Å²) in [6.07, 6.45) is -5.37. The fraction of sp³-hybridized carbons (Fsp3) is 0.500. The lowest BCUT2D eigenvalue weighted by atomic mass is 10.1. The van der Waals surface area contributed by atoms with Crippen molar-refractivity contribution < 1.29 is 33.1 Å². The van der Waals surface area contributed by atoms with E-state index in [4.69, 9.17) is 20.3 Å². The standard InChI is InChI=1S/C10H13FN5O7P/c11-4-6(17)3(1-22-24(19,20)21)23-9(4)16-2-13-5-7(16)14-10(12)15-8(5)18/h2-4,6,9,17H,1H2,(H2,19,20,21)(H3,12,14,15,18)/t3-,4-,6-,9-/m1/s1. The molecule has 4 atom stereocenters. The van der Waals surface area contributed by atoms with Crippen LogP contribution in [0.15, 0.2) is 11.1 Å². The van der Waals surface area contributed by atoms with Crippen molar-refractivity contribution in [2.75, 3.05) is 12.3 Å². The predicted molar refractivity (Wildman–Crippen MR) is 75.4 cm³/mol. The van der Waals surface area contributed by atoms with Gasteiger partial charge in [0, 0.05) is 0 Å². The molecule has 0 spiro atoms. The first-order valence-corrected chi connectivity index (χ1v) is 8.10. The Morgan fingerprint density at radius 2 is 2.25 bits per heavy atom. The van der Waals surface area contributed by atoms with E-state index in [0.29, 0.717) is 0 Å². The van der Waals surface area contributed by atoms with E-state index in [9.17, 15) is 18.9 Å². The zero-order valence-corrected chi connectivity index (χ0v) is 12.7. The van der Waals surface area contributed by atoms with Crippen LogP contribution in [0.4, 0.5) is 10.3 Å². The molecule has 0 aliphatic carbocycles. The number of alkyl halides is 1. The van der Waals surface area contributed by atoms with Crippen LogP contribution in [0.2, 0.25) is 0 Å². The summed E-state index contributed by atoms with van der Waals surface area (Å²) >= 11 is 0. The monoisotopic (exact) mass is 365 g/mol. The number of ether oxygens (including phenoxy) is 1.